The number of thiophene rings is 1. The van der Waals surface area contributed by atoms with Crippen LogP contribution in [0.3, 0.4) is 0 Å². The minimum Gasteiger partial charge on any atom is -0.501 e. The van der Waals surface area contributed by atoms with Crippen LogP contribution in [0.25, 0.3) is 10.2 Å². The van der Waals surface area contributed by atoms with Crippen molar-refractivity contribution in [3.8, 4) is 0 Å². The Kier molecular flexibility index (Phi) is 9.72. The third-order valence-electron chi connectivity index (χ3n) is 5.81. The number of carbonyl (C=O) groups excluding carboxylic acids is 2. The Labute approximate surface area is 232 Å². The second kappa shape index (κ2) is 12.5. The molecule has 2 aromatic rings. The Morgan fingerprint density at radius 2 is 1.93 bits per heavy atom. The molecule has 0 aromatic carbocycles. The summed E-state index contributed by atoms with van der Waals surface area (Å²) in [5, 5.41) is 0.856. The molecule has 0 radical (unpaired) electrons. The molecule has 15 heteroatoms. The predicted molar refractivity (Wildman–Crippen MR) is 141 cm³/mol. The minimum atomic E-state index is -4.81. The van der Waals surface area contributed by atoms with Crippen molar-refractivity contribution in [3.05, 3.63) is 43.6 Å². The monoisotopic (exact) mass is 590 g/mol. The van der Waals surface area contributed by atoms with E-state index < -0.39 is 47.7 Å². The lowest BCUT2D eigenvalue weighted by atomic mass is 10.2. The van der Waals surface area contributed by atoms with Crippen molar-refractivity contribution in [2.45, 2.75) is 85.0 Å². The van der Waals surface area contributed by atoms with Gasteiger partial charge in [-0.25, -0.2) is 20.0 Å². The highest BCUT2D eigenvalue weighted by molar-refractivity contribution is 7.18. The fourth-order valence-corrected chi connectivity index (χ4v) is 5.37. The third kappa shape index (κ3) is 7.87. The van der Waals surface area contributed by atoms with Crippen molar-refractivity contribution >= 4 is 33.6 Å². The van der Waals surface area contributed by atoms with Gasteiger partial charge < -0.3 is 14.2 Å². The molecule has 11 nitrogen and oxygen atoms in total. The zero-order valence-electron chi connectivity index (χ0n) is 22.9. The van der Waals surface area contributed by atoms with E-state index in [1.54, 1.807) is 27.7 Å². The molecule has 0 saturated carbocycles. The average Bonchev–Trinajstić information content (AvgIpc) is 3.45. The Balaban J connectivity index is 2.11. The van der Waals surface area contributed by atoms with Gasteiger partial charge in [-0.3, -0.25) is 18.7 Å². The van der Waals surface area contributed by atoms with Gasteiger partial charge in [0.2, 0.25) is 0 Å². The molecule has 2 aromatic heterocycles. The maximum atomic E-state index is 13.3. The van der Waals surface area contributed by atoms with Crippen LogP contribution < -0.4 is 16.7 Å². The molecule has 40 heavy (non-hydrogen) atoms. The number of aromatic nitrogens is 2. The molecule has 0 spiro atoms. The molecular weight excluding hydrogens is 557 g/mol. The highest BCUT2D eigenvalue weighted by Crippen LogP contribution is 2.30. The van der Waals surface area contributed by atoms with Gasteiger partial charge in [-0.2, -0.15) is 13.2 Å². The van der Waals surface area contributed by atoms with Crippen molar-refractivity contribution in [1.29, 1.82) is 0 Å². The summed E-state index contributed by atoms with van der Waals surface area (Å²) in [5.74, 6) is -0.692. The molecule has 2 amide bonds. The standard InChI is InChI=1S/C25H33F3N4O7S/c1-6-37-11-9-18(33)32(29-22(35)39-24(3,4)5)13-17-15(2)19-20(34)31(14-25(26,27)28)23(36)30(21(19)40-17)12-16-8-7-10-38-16/h9,11,16H,6-8,10,12-14H2,1-5H3,(H,29,35)/b11-9+. The molecule has 0 aliphatic carbocycles. The first-order valence-electron chi connectivity index (χ1n) is 12.6. The molecule has 1 N–H and O–H groups in total. The smallest absolute Gasteiger partial charge is 0.426 e. The normalized spacial score (nSPS) is 16.1. The summed E-state index contributed by atoms with van der Waals surface area (Å²) in [6.45, 7) is 6.86. The minimum absolute atomic E-state index is 0.0389. The van der Waals surface area contributed by atoms with E-state index in [-0.39, 0.29) is 33.4 Å². The fourth-order valence-electron chi connectivity index (χ4n) is 4.08. The van der Waals surface area contributed by atoms with Gasteiger partial charge in [-0.15, -0.1) is 11.3 Å². The molecule has 3 heterocycles. The summed E-state index contributed by atoms with van der Waals surface area (Å²) in [4.78, 5) is 52.3. The number of carbonyl (C=O) groups is 2. The van der Waals surface area contributed by atoms with E-state index in [4.69, 9.17) is 14.2 Å². The quantitative estimate of drug-likeness (QED) is 0.283. The number of alkyl halides is 3. The fraction of sp³-hybridized carbons (Fsp3) is 0.600. The summed E-state index contributed by atoms with van der Waals surface area (Å²) < 4.78 is 57.2. The molecule has 1 aliphatic heterocycles. The number of nitrogens with one attached hydrogen (secondary N) is 1. The number of ether oxygens (including phenoxy) is 3. The van der Waals surface area contributed by atoms with Crippen molar-refractivity contribution in [3.63, 3.8) is 0 Å². The third-order valence-corrected chi connectivity index (χ3v) is 7.11. The van der Waals surface area contributed by atoms with E-state index in [0.717, 1.165) is 39.7 Å². The summed E-state index contributed by atoms with van der Waals surface area (Å²) in [6, 6.07) is 0. The number of hydrazine groups is 1. The SMILES string of the molecule is CCO/C=C/C(=O)N(Cc1sc2c(c1C)c(=O)n(CC(F)(F)F)c(=O)n2CC1CCCO1)NC(=O)OC(C)(C)C. The van der Waals surface area contributed by atoms with E-state index in [1.807, 2.05) is 0 Å². The van der Waals surface area contributed by atoms with Gasteiger partial charge in [0.25, 0.3) is 11.5 Å². The summed E-state index contributed by atoms with van der Waals surface area (Å²) in [5.41, 5.74) is -0.412. The molecule has 1 fully saturated rings. The van der Waals surface area contributed by atoms with Crippen LogP contribution in [0, 0.1) is 6.92 Å². The lowest BCUT2D eigenvalue weighted by Crippen LogP contribution is -2.47. The number of fused-ring (bicyclic) bond motifs is 1. The first-order chi connectivity index (χ1) is 18.6. The molecule has 1 saturated heterocycles. The van der Waals surface area contributed by atoms with Gasteiger partial charge in [-0.05, 0) is 53.0 Å². The maximum Gasteiger partial charge on any atom is 0.426 e. The first kappa shape index (κ1) is 31.2. The lowest BCUT2D eigenvalue weighted by Gasteiger charge is -2.25. The van der Waals surface area contributed by atoms with Gasteiger partial charge in [-0.1, -0.05) is 0 Å². The van der Waals surface area contributed by atoms with Gasteiger partial charge >= 0.3 is 18.0 Å². The van der Waals surface area contributed by atoms with E-state index in [1.165, 1.54) is 6.92 Å². The Bertz CT molecular complexity index is 1380. The summed E-state index contributed by atoms with van der Waals surface area (Å²) in [6.07, 6.45) is -2.56. The van der Waals surface area contributed by atoms with Gasteiger partial charge in [0.15, 0.2) is 0 Å². The van der Waals surface area contributed by atoms with Crippen LogP contribution in [-0.4, -0.2) is 57.2 Å². The number of nitrogens with zero attached hydrogens (tertiary/aromatic N) is 3. The van der Waals surface area contributed by atoms with Gasteiger partial charge in [0.1, 0.15) is 17.0 Å². The number of hydrogen-bond acceptors (Lipinski definition) is 8. The molecule has 1 unspecified atom stereocenters. The molecule has 1 atom stereocenters. The highest BCUT2D eigenvalue weighted by Gasteiger charge is 2.33. The lowest BCUT2D eigenvalue weighted by molar-refractivity contribution is -0.142. The highest BCUT2D eigenvalue weighted by atomic mass is 32.1. The Hall–Kier alpha value is -3.33. The topological polar surface area (TPSA) is 121 Å². The van der Waals surface area contributed by atoms with Crippen LogP contribution in [0.5, 0.6) is 0 Å². The van der Waals surface area contributed by atoms with Crippen LogP contribution in [0.4, 0.5) is 18.0 Å². The van der Waals surface area contributed by atoms with Crippen molar-refractivity contribution in [2.75, 3.05) is 13.2 Å². The first-order valence-corrected chi connectivity index (χ1v) is 13.5. The van der Waals surface area contributed by atoms with Crippen molar-refractivity contribution in [2.24, 2.45) is 0 Å². The number of hydrogen-bond donors (Lipinski definition) is 1. The van der Waals surface area contributed by atoms with Crippen LogP contribution in [0.1, 0.15) is 51.0 Å². The van der Waals surface area contributed by atoms with Crippen LogP contribution in [-0.2, 0) is 38.6 Å². The second-order valence-corrected chi connectivity index (χ2v) is 11.2. The predicted octanol–water partition coefficient (Wildman–Crippen LogP) is 3.59. The Morgan fingerprint density at radius 1 is 1.23 bits per heavy atom. The largest absolute Gasteiger partial charge is 0.501 e. The summed E-state index contributed by atoms with van der Waals surface area (Å²) >= 11 is 0.975. The van der Waals surface area contributed by atoms with Gasteiger partial charge in [0, 0.05) is 17.6 Å². The van der Waals surface area contributed by atoms with Crippen LogP contribution in [0.15, 0.2) is 21.9 Å². The second-order valence-electron chi connectivity index (χ2n) is 10.2. The maximum absolute atomic E-state index is 13.3. The molecule has 222 valence electrons. The summed E-state index contributed by atoms with van der Waals surface area (Å²) in [7, 11) is 0. The van der Waals surface area contributed by atoms with E-state index >= 15 is 0 Å². The number of amides is 2. The van der Waals surface area contributed by atoms with Gasteiger partial charge in [0.05, 0.1) is 37.4 Å². The number of aryl methyl sites for hydroxylation is 1. The van der Waals surface area contributed by atoms with E-state index in [0.29, 0.717) is 24.5 Å². The molecule has 1 aliphatic rings. The Morgan fingerprint density at radius 3 is 2.50 bits per heavy atom. The van der Waals surface area contributed by atoms with E-state index in [2.05, 4.69) is 5.43 Å². The molecule has 0 bridgehead atoms. The number of halogens is 3. The van der Waals surface area contributed by atoms with Crippen molar-refractivity contribution < 1.29 is 37.0 Å². The zero-order valence-corrected chi connectivity index (χ0v) is 23.7. The average molecular weight is 591 g/mol. The van der Waals surface area contributed by atoms with Crippen LogP contribution >= 0.6 is 11.3 Å². The number of rotatable bonds is 8. The molecular formula is C25H33F3N4O7S. The van der Waals surface area contributed by atoms with E-state index in [9.17, 15) is 32.3 Å². The zero-order chi connectivity index (χ0) is 29.8. The van der Waals surface area contributed by atoms with Crippen molar-refractivity contribution in [1.82, 2.24) is 19.6 Å². The van der Waals surface area contributed by atoms with Crippen LogP contribution in [0.2, 0.25) is 0 Å². The molecule has 3 rings (SSSR count).